The second-order valence-electron chi connectivity index (χ2n) is 4.46. The molecule has 2 aromatic rings. The first-order valence-corrected chi connectivity index (χ1v) is 6.52. The van der Waals surface area contributed by atoms with Gasteiger partial charge in [0.1, 0.15) is 0 Å². The molecule has 114 valence electrons. The molecule has 0 spiro atoms. The van der Waals surface area contributed by atoms with Crippen LogP contribution < -0.4 is 5.56 Å². The number of aromatic nitrogens is 2. The van der Waals surface area contributed by atoms with Crippen LogP contribution in [0, 0.1) is 0 Å². The van der Waals surface area contributed by atoms with E-state index in [1.54, 1.807) is 0 Å². The van der Waals surface area contributed by atoms with E-state index in [1.807, 2.05) is 0 Å². The minimum atomic E-state index is -4.51. The van der Waals surface area contributed by atoms with Gasteiger partial charge in [0, 0.05) is 5.02 Å². The number of hydrogen-bond donors (Lipinski definition) is 1. The highest BCUT2D eigenvalue weighted by atomic mass is 35.5. The fraction of sp³-hybridized carbons (Fsp3) is 0.333. The van der Waals surface area contributed by atoms with Crippen molar-refractivity contribution < 1.29 is 18.3 Å². The Kier molecular flexibility index (Phi) is 4.46. The highest BCUT2D eigenvalue weighted by molar-refractivity contribution is 6.38. The first kappa shape index (κ1) is 16.1. The monoisotopic (exact) mass is 340 g/mol. The third kappa shape index (κ3) is 3.87. The number of fused-ring (bicyclic) bond motifs is 1. The van der Waals surface area contributed by atoms with Crippen LogP contribution >= 0.6 is 23.2 Å². The Morgan fingerprint density at radius 1 is 1.33 bits per heavy atom. The number of alkyl halides is 3. The lowest BCUT2D eigenvalue weighted by Gasteiger charge is -2.14. The third-order valence-corrected chi connectivity index (χ3v) is 3.23. The average Bonchev–Trinajstić information content (AvgIpc) is 2.31. The summed E-state index contributed by atoms with van der Waals surface area (Å²) in [5.74, 6) is 0. The highest BCUT2D eigenvalue weighted by Crippen LogP contribution is 2.24. The van der Waals surface area contributed by atoms with Crippen LogP contribution in [0.5, 0.6) is 0 Å². The van der Waals surface area contributed by atoms with E-state index in [1.165, 1.54) is 12.1 Å². The van der Waals surface area contributed by atoms with E-state index in [0.29, 0.717) is 0 Å². The molecule has 1 atom stereocenters. The van der Waals surface area contributed by atoms with Gasteiger partial charge in [0.05, 0.1) is 41.3 Å². The second kappa shape index (κ2) is 5.82. The molecular weight excluding hydrogens is 332 g/mol. The molecule has 0 saturated heterocycles. The van der Waals surface area contributed by atoms with Crippen molar-refractivity contribution in [2.75, 3.05) is 0 Å². The molecule has 0 amide bonds. The topological polar surface area (TPSA) is 55.1 Å². The summed E-state index contributed by atoms with van der Waals surface area (Å²) in [4.78, 5) is 16.1. The molecule has 0 radical (unpaired) electrons. The molecule has 1 aromatic heterocycles. The van der Waals surface area contributed by atoms with Crippen LogP contribution in [-0.4, -0.2) is 26.9 Å². The van der Waals surface area contributed by atoms with Gasteiger partial charge in [0.15, 0.2) is 0 Å². The molecule has 2 rings (SSSR count). The van der Waals surface area contributed by atoms with Crippen molar-refractivity contribution in [1.82, 2.24) is 9.55 Å². The zero-order valence-electron chi connectivity index (χ0n) is 10.4. The van der Waals surface area contributed by atoms with Crippen molar-refractivity contribution in [3.8, 4) is 0 Å². The molecule has 4 nitrogen and oxygen atoms in total. The minimum Gasteiger partial charge on any atom is -0.391 e. The summed E-state index contributed by atoms with van der Waals surface area (Å²) in [5.41, 5.74) is -0.418. The Bertz CT molecular complexity index is 731. The maximum atomic E-state index is 12.2. The first-order valence-electron chi connectivity index (χ1n) is 5.76. The van der Waals surface area contributed by atoms with Crippen LogP contribution in [0.2, 0.25) is 10.0 Å². The van der Waals surface area contributed by atoms with Gasteiger partial charge in [-0.3, -0.25) is 9.36 Å². The van der Waals surface area contributed by atoms with Gasteiger partial charge >= 0.3 is 6.18 Å². The van der Waals surface area contributed by atoms with Crippen LogP contribution in [-0.2, 0) is 6.54 Å². The van der Waals surface area contributed by atoms with E-state index < -0.39 is 30.8 Å². The van der Waals surface area contributed by atoms with Crippen LogP contribution in [0.25, 0.3) is 10.9 Å². The number of hydrogen-bond acceptors (Lipinski definition) is 3. The summed E-state index contributed by atoms with van der Waals surface area (Å²) in [6.07, 6.45) is -6.62. The summed E-state index contributed by atoms with van der Waals surface area (Å²) in [7, 11) is 0. The average molecular weight is 341 g/mol. The molecule has 9 heteroatoms. The van der Waals surface area contributed by atoms with Crippen LogP contribution in [0.15, 0.2) is 23.3 Å². The van der Waals surface area contributed by atoms with Gasteiger partial charge in [-0.25, -0.2) is 4.98 Å². The molecule has 0 aliphatic rings. The molecule has 1 N–H and O–H groups in total. The van der Waals surface area contributed by atoms with E-state index in [2.05, 4.69) is 4.98 Å². The second-order valence-corrected chi connectivity index (χ2v) is 5.30. The van der Waals surface area contributed by atoms with Gasteiger partial charge in [0.2, 0.25) is 0 Å². The van der Waals surface area contributed by atoms with Crippen molar-refractivity contribution in [2.24, 2.45) is 0 Å². The lowest BCUT2D eigenvalue weighted by molar-refractivity contribution is -0.154. The minimum absolute atomic E-state index is 0.0780. The Labute approximate surface area is 126 Å². The molecule has 1 unspecified atom stereocenters. The fourth-order valence-electron chi connectivity index (χ4n) is 1.88. The van der Waals surface area contributed by atoms with Gasteiger partial charge < -0.3 is 5.11 Å². The van der Waals surface area contributed by atoms with Gasteiger partial charge in [-0.1, -0.05) is 23.2 Å². The Morgan fingerprint density at radius 2 is 2.00 bits per heavy atom. The summed E-state index contributed by atoms with van der Waals surface area (Å²) in [6.45, 7) is -0.522. The number of benzene rings is 1. The summed E-state index contributed by atoms with van der Waals surface area (Å²) >= 11 is 11.7. The third-order valence-electron chi connectivity index (χ3n) is 2.72. The predicted octanol–water partition coefficient (Wildman–Crippen LogP) is 3.02. The summed E-state index contributed by atoms with van der Waals surface area (Å²) < 4.78 is 37.4. The van der Waals surface area contributed by atoms with Crippen molar-refractivity contribution in [2.45, 2.75) is 25.2 Å². The van der Waals surface area contributed by atoms with Gasteiger partial charge in [-0.2, -0.15) is 13.2 Å². The summed E-state index contributed by atoms with van der Waals surface area (Å²) in [5, 5.41) is 9.84. The lowest BCUT2D eigenvalue weighted by Crippen LogP contribution is -2.30. The van der Waals surface area contributed by atoms with E-state index in [0.717, 1.165) is 10.9 Å². The number of nitrogens with zero attached hydrogens (tertiary/aromatic N) is 2. The van der Waals surface area contributed by atoms with E-state index >= 15 is 0 Å². The quantitative estimate of drug-likeness (QED) is 0.934. The van der Waals surface area contributed by atoms with Gasteiger partial charge in [0.25, 0.3) is 5.56 Å². The van der Waals surface area contributed by atoms with E-state index in [4.69, 9.17) is 23.2 Å². The standard InChI is InChI=1S/C12H9Cl2F3N2O2/c13-6-1-8-10(9(14)2-6)18-5-19(11(8)21)4-7(20)3-12(15,16)17/h1-2,5,7,20H,3-4H2. The lowest BCUT2D eigenvalue weighted by atomic mass is 10.2. The zero-order chi connectivity index (χ0) is 15.8. The summed E-state index contributed by atoms with van der Waals surface area (Å²) in [6, 6.07) is 2.73. The Hall–Kier alpha value is -1.31. The van der Waals surface area contributed by atoms with E-state index in [9.17, 15) is 23.1 Å². The largest absolute Gasteiger partial charge is 0.391 e. The number of rotatable bonds is 3. The fourth-order valence-corrected chi connectivity index (χ4v) is 2.43. The zero-order valence-corrected chi connectivity index (χ0v) is 11.9. The van der Waals surface area contributed by atoms with Crippen molar-refractivity contribution in [3.63, 3.8) is 0 Å². The van der Waals surface area contributed by atoms with Crippen LogP contribution in [0.3, 0.4) is 0 Å². The smallest absolute Gasteiger partial charge is 0.391 e. The molecular formula is C12H9Cl2F3N2O2. The van der Waals surface area contributed by atoms with E-state index in [-0.39, 0.29) is 20.9 Å². The maximum Gasteiger partial charge on any atom is 0.391 e. The molecule has 21 heavy (non-hydrogen) atoms. The first-order chi connectivity index (χ1) is 9.67. The number of aliphatic hydroxyl groups is 1. The van der Waals surface area contributed by atoms with Crippen LogP contribution in [0.1, 0.15) is 6.42 Å². The molecule has 0 bridgehead atoms. The molecule has 0 aliphatic carbocycles. The highest BCUT2D eigenvalue weighted by Gasteiger charge is 2.31. The van der Waals surface area contributed by atoms with Gasteiger partial charge in [-0.05, 0) is 12.1 Å². The Balaban J connectivity index is 2.39. The Morgan fingerprint density at radius 3 is 2.62 bits per heavy atom. The van der Waals surface area contributed by atoms with Crippen molar-refractivity contribution in [3.05, 3.63) is 38.9 Å². The predicted molar refractivity (Wildman–Crippen MR) is 72.7 cm³/mol. The van der Waals surface area contributed by atoms with Crippen LogP contribution in [0.4, 0.5) is 13.2 Å². The maximum absolute atomic E-state index is 12.2. The molecule has 0 aliphatic heterocycles. The van der Waals surface area contributed by atoms with Crippen molar-refractivity contribution >= 4 is 34.1 Å². The number of aliphatic hydroxyl groups excluding tert-OH is 1. The molecule has 1 aromatic carbocycles. The SMILES string of the molecule is O=c1c2cc(Cl)cc(Cl)c2ncn1CC(O)CC(F)(F)F. The van der Waals surface area contributed by atoms with Crippen molar-refractivity contribution in [1.29, 1.82) is 0 Å². The molecule has 0 fully saturated rings. The number of halogens is 5. The molecule has 0 saturated carbocycles. The van der Waals surface area contributed by atoms with Gasteiger partial charge in [-0.15, -0.1) is 0 Å². The molecule has 1 heterocycles. The normalized spacial score (nSPS) is 13.6.